The van der Waals surface area contributed by atoms with Gasteiger partial charge in [-0.05, 0) is 56.5 Å². The van der Waals surface area contributed by atoms with E-state index in [0.717, 1.165) is 43.0 Å². The summed E-state index contributed by atoms with van der Waals surface area (Å²) in [5.74, 6) is 0.0155. The number of thiocarbonyl (C=S) groups is 1. The molecule has 1 aliphatic heterocycles. The molecule has 11 heteroatoms. The van der Waals surface area contributed by atoms with Crippen LogP contribution in [0.4, 0.5) is 11.5 Å². The maximum absolute atomic E-state index is 13.9. The molecule has 1 saturated heterocycles. The largest absolute Gasteiger partial charge is 0.367 e. The maximum atomic E-state index is 13.9. The lowest BCUT2D eigenvalue weighted by molar-refractivity contribution is -0.113. The third-order valence-electron chi connectivity index (χ3n) is 7.77. The second-order valence-electron chi connectivity index (χ2n) is 10.5. The molecular formula is C30H30N6O3S2. The van der Waals surface area contributed by atoms with E-state index in [0.29, 0.717) is 28.4 Å². The van der Waals surface area contributed by atoms with Crippen molar-refractivity contribution < 1.29 is 4.79 Å². The fraction of sp³-hybridized carbons (Fsp3) is 0.300. The van der Waals surface area contributed by atoms with E-state index in [4.69, 9.17) is 17.2 Å². The molecule has 0 atom stereocenters. The van der Waals surface area contributed by atoms with Gasteiger partial charge in [-0.15, -0.1) is 0 Å². The number of carbonyl (C=O) groups is 1. The highest BCUT2D eigenvalue weighted by Crippen LogP contribution is 2.37. The van der Waals surface area contributed by atoms with Crippen LogP contribution in [0.25, 0.3) is 17.4 Å². The Bertz CT molecular complexity index is 1850. The zero-order chi connectivity index (χ0) is 28.8. The van der Waals surface area contributed by atoms with E-state index in [-0.39, 0.29) is 32.1 Å². The molecule has 4 aromatic rings. The number of thioether (sulfide) groups is 1. The SMILES string of the molecule is Cc1ccc2nc(NC3CCCCC3)c(/C=C3/SC(=S)N(c4c(C)n(C)n(-c5ccccc5)c4=O)C3=O)c(=O)n2c1. The Morgan fingerprint density at radius 3 is 2.46 bits per heavy atom. The minimum atomic E-state index is -0.441. The quantitative estimate of drug-likeness (QED) is 0.261. The molecule has 1 amide bonds. The molecule has 1 aliphatic carbocycles. The fourth-order valence-electron chi connectivity index (χ4n) is 5.54. The molecule has 1 saturated carbocycles. The number of aryl methyl sites for hydroxylation is 1. The van der Waals surface area contributed by atoms with Gasteiger partial charge in [0.25, 0.3) is 17.0 Å². The predicted molar refractivity (Wildman–Crippen MR) is 168 cm³/mol. The van der Waals surface area contributed by atoms with Crippen LogP contribution < -0.4 is 21.3 Å². The molecule has 0 spiro atoms. The maximum Gasteiger partial charge on any atom is 0.296 e. The van der Waals surface area contributed by atoms with Crippen molar-refractivity contribution in [2.24, 2.45) is 7.05 Å². The van der Waals surface area contributed by atoms with Crippen LogP contribution in [0.15, 0.2) is 63.2 Å². The Kier molecular flexibility index (Phi) is 7.16. The van der Waals surface area contributed by atoms with Crippen LogP contribution in [0.1, 0.15) is 48.9 Å². The third kappa shape index (κ3) is 4.82. The lowest BCUT2D eigenvalue weighted by Gasteiger charge is -2.24. The number of fused-ring (bicyclic) bond motifs is 1. The summed E-state index contributed by atoms with van der Waals surface area (Å²) in [6.07, 6.45) is 8.75. The van der Waals surface area contributed by atoms with E-state index in [1.807, 2.05) is 49.4 Å². The number of nitrogens with one attached hydrogen (secondary N) is 1. The van der Waals surface area contributed by atoms with Crippen LogP contribution in [0, 0.1) is 13.8 Å². The van der Waals surface area contributed by atoms with Gasteiger partial charge in [0.15, 0.2) is 4.32 Å². The summed E-state index contributed by atoms with van der Waals surface area (Å²) in [6.45, 7) is 3.70. The first-order chi connectivity index (χ1) is 19.7. The molecule has 1 N–H and O–H groups in total. The van der Waals surface area contributed by atoms with E-state index < -0.39 is 5.91 Å². The van der Waals surface area contributed by atoms with Crippen LogP contribution in [-0.4, -0.2) is 35.0 Å². The Balaban J connectivity index is 1.44. The number of amides is 1. The highest BCUT2D eigenvalue weighted by Gasteiger charge is 2.38. The minimum absolute atomic E-state index is 0.201. The summed E-state index contributed by atoms with van der Waals surface area (Å²) in [6, 6.07) is 13.2. The van der Waals surface area contributed by atoms with E-state index >= 15 is 0 Å². The van der Waals surface area contributed by atoms with Gasteiger partial charge < -0.3 is 5.32 Å². The zero-order valence-corrected chi connectivity index (χ0v) is 24.7. The average molecular weight is 587 g/mol. The summed E-state index contributed by atoms with van der Waals surface area (Å²) in [5.41, 5.74) is 2.60. The molecule has 2 aliphatic rings. The number of anilines is 2. The van der Waals surface area contributed by atoms with Gasteiger partial charge in [-0.1, -0.05) is 67.5 Å². The van der Waals surface area contributed by atoms with Gasteiger partial charge in [-0.25, -0.2) is 9.67 Å². The van der Waals surface area contributed by atoms with Crippen LogP contribution in [-0.2, 0) is 11.8 Å². The van der Waals surface area contributed by atoms with Crippen molar-refractivity contribution in [2.75, 3.05) is 10.2 Å². The highest BCUT2D eigenvalue weighted by molar-refractivity contribution is 8.27. The van der Waals surface area contributed by atoms with Crippen molar-refractivity contribution in [3.05, 3.63) is 91.1 Å². The average Bonchev–Trinajstić information content (AvgIpc) is 3.36. The normalized spacial score (nSPS) is 17.2. The van der Waals surface area contributed by atoms with E-state index in [2.05, 4.69) is 5.32 Å². The molecule has 4 heterocycles. The smallest absolute Gasteiger partial charge is 0.296 e. The molecule has 1 aromatic carbocycles. The van der Waals surface area contributed by atoms with Crippen molar-refractivity contribution in [3.63, 3.8) is 0 Å². The van der Waals surface area contributed by atoms with Gasteiger partial charge in [-0.3, -0.25) is 28.4 Å². The number of hydrogen-bond acceptors (Lipinski definition) is 7. The first-order valence-corrected chi connectivity index (χ1v) is 14.9. The third-order valence-corrected chi connectivity index (χ3v) is 9.07. The highest BCUT2D eigenvalue weighted by atomic mass is 32.2. The van der Waals surface area contributed by atoms with E-state index in [1.54, 1.807) is 30.9 Å². The number of nitrogens with zero attached hydrogens (tertiary/aromatic N) is 5. The first kappa shape index (κ1) is 27.2. The van der Waals surface area contributed by atoms with Crippen molar-refractivity contribution in [1.29, 1.82) is 0 Å². The molecule has 210 valence electrons. The summed E-state index contributed by atoms with van der Waals surface area (Å²) in [7, 11) is 1.77. The van der Waals surface area contributed by atoms with E-state index in [9.17, 15) is 14.4 Å². The topological polar surface area (TPSA) is 93.6 Å². The number of carbonyl (C=O) groups excluding carboxylic acids is 1. The molecule has 9 nitrogen and oxygen atoms in total. The predicted octanol–water partition coefficient (Wildman–Crippen LogP) is 4.95. The van der Waals surface area contributed by atoms with Crippen molar-refractivity contribution in [1.82, 2.24) is 18.7 Å². The van der Waals surface area contributed by atoms with Gasteiger partial charge in [0, 0.05) is 19.3 Å². The monoisotopic (exact) mass is 586 g/mol. The number of para-hydroxylation sites is 1. The number of hydrogen-bond donors (Lipinski definition) is 1. The summed E-state index contributed by atoms with van der Waals surface area (Å²) < 4.78 is 4.97. The van der Waals surface area contributed by atoms with Crippen LogP contribution in [0.3, 0.4) is 0 Å². The van der Waals surface area contributed by atoms with Crippen molar-refractivity contribution in [3.8, 4) is 5.69 Å². The van der Waals surface area contributed by atoms with Crippen LogP contribution >= 0.6 is 24.0 Å². The minimum Gasteiger partial charge on any atom is -0.367 e. The second-order valence-corrected chi connectivity index (χ2v) is 12.2. The standard InChI is InChI=1S/C30H30N6O3S2/c1-18-14-15-24-32-26(31-20-10-6-4-7-11-20)22(27(37)34(24)17-18)16-23-28(38)35(30(40)41-23)25-19(2)33(3)36(29(25)39)21-12-8-5-9-13-21/h5,8-9,12-17,20,31H,4,6-7,10-11H2,1-3H3/b23-16+. The van der Waals surface area contributed by atoms with Gasteiger partial charge in [0.05, 0.1) is 21.8 Å². The molecular weight excluding hydrogens is 557 g/mol. The van der Waals surface area contributed by atoms with Gasteiger partial charge in [-0.2, -0.15) is 0 Å². The second kappa shape index (κ2) is 10.8. The molecule has 0 unspecified atom stereocenters. The van der Waals surface area contributed by atoms with Crippen molar-refractivity contribution >= 4 is 57.4 Å². The summed E-state index contributed by atoms with van der Waals surface area (Å²) in [5, 5.41) is 3.49. The molecule has 41 heavy (non-hydrogen) atoms. The molecule has 0 bridgehead atoms. The lowest BCUT2D eigenvalue weighted by atomic mass is 9.95. The Morgan fingerprint density at radius 1 is 1.00 bits per heavy atom. The molecule has 0 radical (unpaired) electrons. The number of rotatable bonds is 5. The van der Waals surface area contributed by atoms with Crippen LogP contribution in [0.2, 0.25) is 0 Å². The first-order valence-electron chi connectivity index (χ1n) is 13.7. The zero-order valence-electron chi connectivity index (χ0n) is 23.1. The molecule has 2 fully saturated rings. The summed E-state index contributed by atoms with van der Waals surface area (Å²) >= 11 is 6.71. The number of benzene rings is 1. The van der Waals surface area contributed by atoms with Gasteiger partial charge in [0.2, 0.25) is 0 Å². The Labute approximate surface area is 246 Å². The molecule has 3 aromatic heterocycles. The van der Waals surface area contributed by atoms with Gasteiger partial charge >= 0.3 is 0 Å². The van der Waals surface area contributed by atoms with Crippen molar-refractivity contribution in [2.45, 2.75) is 52.0 Å². The lowest BCUT2D eigenvalue weighted by Crippen LogP contribution is -2.33. The number of aromatic nitrogens is 4. The molecule has 6 rings (SSSR count). The Hall–Kier alpha value is -3.96. The van der Waals surface area contributed by atoms with Gasteiger partial charge in [0.1, 0.15) is 17.2 Å². The Morgan fingerprint density at radius 2 is 1.73 bits per heavy atom. The van der Waals surface area contributed by atoms with Crippen LogP contribution in [0.5, 0.6) is 0 Å². The number of pyridine rings is 1. The fourth-order valence-corrected chi connectivity index (χ4v) is 6.79. The van der Waals surface area contributed by atoms with E-state index in [1.165, 1.54) is 20.4 Å². The summed E-state index contributed by atoms with van der Waals surface area (Å²) in [4.78, 5) is 47.6.